The highest BCUT2D eigenvalue weighted by molar-refractivity contribution is 7.98. The summed E-state index contributed by atoms with van der Waals surface area (Å²) in [6.07, 6.45) is 2.72. The molecule has 0 unspecified atom stereocenters. The maximum atomic E-state index is 11.3. The summed E-state index contributed by atoms with van der Waals surface area (Å²) in [7, 11) is 0. The minimum Gasteiger partial charge on any atom is -0.351 e. The van der Waals surface area contributed by atoms with E-state index in [4.69, 9.17) is 5.73 Å². The number of thioether (sulfide) groups is 1. The molecular formula is C9H18N2OS. The number of hydrogen-bond acceptors (Lipinski definition) is 3. The Morgan fingerprint density at radius 3 is 2.77 bits per heavy atom. The molecule has 76 valence electrons. The van der Waals surface area contributed by atoms with Crippen molar-refractivity contribution in [1.82, 2.24) is 5.32 Å². The third-order valence-electron chi connectivity index (χ3n) is 1.53. The summed E-state index contributed by atoms with van der Waals surface area (Å²) in [5, 5.41) is 2.72. The van der Waals surface area contributed by atoms with Crippen LogP contribution in [-0.4, -0.2) is 30.5 Å². The molecule has 0 saturated heterocycles. The number of amides is 1. The molecule has 0 spiro atoms. The molecule has 0 aromatic heterocycles. The highest BCUT2D eigenvalue weighted by Crippen LogP contribution is 1.98. The van der Waals surface area contributed by atoms with Crippen LogP contribution in [0.3, 0.4) is 0 Å². The van der Waals surface area contributed by atoms with Gasteiger partial charge in [0.25, 0.3) is 0 Å². The lowest BCUT2D eigenvalue weighted by molar-refractivity contribution is -0.122. The van der Waals surface area contributed by atoms with E-state index in [0.29, 0.717) is 6.54 Å². The first-order valence-corrected chi connectivity index (χ1v) is 5.64. The van der Waals surface area contributed by atoms with Crippen LogP contribution in [0.5, 0.6) is 0 Å². The van der Waals surface area contributed by atoms with Gasteiger partial charge < -0.3 is 11.1 Å². The third kappa shape index (κ3) is 6.66. The van der Waals surface area contributed by atoms with E-state index in [9.17, 15) is 4.79 Å². The molecule has 0 aliphatic heterocycles. The lowest BCUT2D eigenvalue weighted by Gasteiger charge is -2.11. The number of rotatable bonds is 6. The largest absolute Gasteiger partial charge is 0.351 e. The van der Waals surface area contributed by atoms with Gasteiger partial charge in [0.2, 0.25) is 5.91 Å². The first-order valence-electron chi connectivity index (χ1n) is 4.24. The zero-order valence-electron chi connectivity index (χ0n) is 8.30. The smallest absolute Gasteiger partial charge is 0.237 e. The van der Waals surface area contributed by atoms with Gasteiger partial charge in [0.15, 0.2) is 0 Å². The molecule has 0 aliphatic carbocycles. The van der Waals surface area contributed by atoms with Gasteiger partial charge in [0, 0.05) is 6.54 Å². The highest BCUT2D eigenvalue weighted by Gasteiger charge is 2.11. The van der Waals surface area contributed by atoms with E-state index < -0.39 is 0 Å². The fraction of sp³-hybridized carbons (Fsp3) is 0.667. The van der Waals surface area contributed by atoms with Crippen LogP contribution in [0.1, 0.15) is 13.3 Å². The second kappa shape index (κ2) is 6.97. The molecule has 3 N–H and O–H groups in total. The van der Waals surface area contributed by atoms with Gasteiger partial charge in [-0.25, -0.2) is 0 Å². The minimum absolute atomic E-state index is 0.0861. The topological polar surface area (TPSA) is 55.1 Å². The first kappa shape index (κ1) is 12.5. The minimum atomic E-state index is -0.383. The summed E-state index contributed by atoms with van der Waals surface area (Å²) < 4.78 is 0. The van der Waals surface area contributed by atoms with Gasteiger partial charge in [-0.1, -0.05) is 12.2 Å². The summed E-state index contributed by atoms with van der Waals surface area (Å²) in [4.78, 5) is 11.3. The Kier molecular flexibility index (Phi) is 6.72. The van der Waals surface area contributed by atoms with Crippen molar-refractivity contribution < 1.29 is 4.79 Å². The molecule has 0 aliphatic rings. The molecule has 4 heteroatoms. The van der Waals surface area contributed by atoms with Crippen LogP contribution in [0, 0.1) is 0 Å². The van der Waals surface area contributed by atoms with Gasteiger partial charge in [-0.15, -0.1) is 0 Å². The van der Waals surface area contributed by atoms with Crippen LogP contribution in [0.25, 0.3) is 0 Å². The van der Waals surface area contributed by atoms with E-state index >= 15 is 0 Å². The SMILES string of the molecule is C=C(C)CNC(=O)[C@H](N)CCSC. The van der Waals surface area contributed by atoms with Gasteiger partial charge in [-0.05, 0) is 25.4 Å². The Morgan fingerprint density at radius 2 is 2.31 bits per heavy atom. The fourth-order valence-electron chi connectivity index (χ4n) is 0.745. The molecule has 1 amide bonds. The summed E-state index contributed by atoms with van der Waals surface area (Å²) in [6.45, 7) is 6.08. The molecule has 3 nitrogen and oxygen atoms in total. The van der Waals surface area contributed by atoms with Gasteiger partial charge in [-0.3, -0.25) is 4.79 Å². The zero-order valence-corrected chi connectivity index (χ0v) is 9.12. The van der Waals surface area contributed by atoms with E-state index in [1.165, 1.54) is 0 Å². The monoisotopic (exact) mass is 202 g/mol. The Labute approximate surface area is 84.1 Å². The van der Waals surface area contributed by atoms with E-state index in [1.807, 2.05) is 13.2 Å². The second-order valence-corrected chi connectivity index (χ2v) is 4.05. The predicted molar refractivity (Wildman–Crippen MR) is 58.8 cm³/mol. The van der Waals surface area contributed by atoms with Crippen molar-refractivity contribution in [1.29, 1.82) is 0 Å². The molecule has 0 bridgehead atoms. The van der Waals surface area contributed by atoms with Gasteiger partial charge >= 0.3 is 0 Å². The van der Waals surface area contributed by atoms with Crippen LogP contribution < -0.4 is 11.1 Å². The van der Waals surface area contributed by atoms with Gasteiger partial charge in [0.05, 0.1) is 6.04 Å². The zero-order chi connectivity index (χ0) is 10.3. The van der Waals surface area contributed by atoms with E-state index in [0.717, 1.165) is 17.7 Å². The molecule has 0 heterocycles. The Bertz CT molecular complexity index is 182. The van der Waals surface area contributed by atoms with Crippen LogP contribution in [0.4, 0.5) is 0 Å². The molecule has 13 heavy (non-hydrogen) atoms. The van der Waals surface area contributed by atoms with Crippen LogP contribution in [0.15, 0.2) is 12.2 Å². The van der Waals surface area contributed by atoms with Crippen molar-refractivity contribution >= 4 is 17.7 Å². The van der Waals surface area contributed by atoms with Crippen molar-refractivity contribution in [2.75, 3.05) is 18.6 Å². The maximum Gasteiger partial charge on any atom is 0.237 e. The lowest BCUT2D eigenvalue weighted by Crippen LogP contribution is -2.41. The van der Waals surface area contributed by atoms with Crippen molar-refractivity contribution in [2.24, 2.45) is 5.73 Å². The molecule has 0 saturated carbocycles. The molecule has 0 aromatic carbocycles. The summed E-state index contributed by atoms with van der Waals surface area (Å²) >= 11 is 1.69. The summed E-state index contributed by atoms with van der Waals surface area (Å²) in [6, 6.07) is -0.383. The fourth-order valence-corrected chi connectivity index (χ4v) is 1.23. The average molecular weight is 202 g/mol. The van der Waals surface area contributed by atoms with E-state index in [2.05, 4.69) is 11.9 Å². The maximum absolute atomic E-state index is 11.3. The summed E-state index contributed by atoms with van der Waals surface area (Å²) in [5.74, 6) is 0.832. The van der Waals surface area contributed by atoms with Crippen LogP contribution >= 0.6 is 11.8 Å². The standard InChI is InChI=1S/C9H18N2OS/c1-7(2)6-11-9(12)8(10)4-5-13-3/h8H,1,4-6,10H2,2-3H3,(H,11,12)/t8-/m1/s1. The Balaban J connectivity index is 3.63. The molecule has 0 rings (SSSR count). The second-order valence-electron chi connectivity index (χ2n) is 3.06. The molecule has 0 aromatic rings. The first-order chi connectivity index (χ1) is 6.07. The predicted octanol–water partition coefficient (Wildman–Crippen LogP) is 0.759. The number of hydrogen-bond donors (Lipinski definition) is 2. The highest BCUT2D eigenvalue weighted by atomic mass is 32.2. The Morgan fingerprint density at radius 1 is 1.69 bits per heavy atom. The van der Waals surface area contributed by atoms with E-state index in [-0.39, 0.29) is 11.9 Å². The van der Waals surface area contributed by atoms with Crippen LogP contribution in [-0.2, 0) is 4.79 Å². The molecule has 0 radical (unpaired) electrons. The van der Waals surface area contributed by atoms with Crippen molar-refractivity contribution in [2.45, 2.75) is 19.4 Å². The normalized spacial score (nSPS) is 12.2. The Hall–Kier alpha value is -0.480. The summed E-state index contributed by atoms with van der Waals surface area (Å²) in [5.41, 5.74) is 6.57. The van der Waals surface area contributed by atoms with Crippen molar-refractivity contribution in [3.8, 4) is 0 Å². The number of carbonyl (C=O) groups excluding carboxylic acids is 1. The van der Waals surface area contributed by atoms with Gasteiger partial charge in [0.1, 0.15) is 0 Å². The van der Waals surface area contributed by atoms with Gasteiger partial charge in [-0.2, -0.15) is 11.8 Å². The number of nitrogens with one attached hydrogen (secondary N) is 1. The third-order valence-corrected chi connectivity index (χ3v) is 2.18. The number of nitrogens with two attached hydrogens (primary N) is 1. The molecule has 0 fully saturated rings. The van der Waals surface area contributed by atoms with Crippen LogP contribution in [0.2, 0.25) is 0 Å². The molecule has 1 atom stereocenters. The number of carbonyl (C=O) groups is 1. The lowest BCUT2D eigenvalue weighted by atomic mass is 10.2. The molecular weight excluding hydrogens is 184 g/mol. The van der Waals surface area contributed by atoms with Crippen molar-refractivity contribution in [3.63, 3.8) is 0 Å². The van der Waals surface area contributed by atoms with E-state index in [1.54, 1.807) is 11.8 Å². The quantitative estimate of drug-likeness (QED) is 0.625. The van der Waals surface area contributed by atoms with Crippen molar-refractivity contribution in [3.05, 3.63) is 12.2 Å². The average Bonchev–Trinajstić information content (AvgIpc) is 2.10.